The van der Waals surface area contributed by atoms with Gasteiger partial charge in [0.15, 0.2) is 0 Å². The molecule has 21 heavy (non-hydrogen) atoms. The lowest BCUT2D eigenvalue weighted by Gasteiger charge is -2.13. The van der Waals surface area contributed by atoms with Crippen molar-refractivity contribution in [2.24, 2.45) is 5.73 Å². The summed E-state index contributed by atoms with van der Waals surface area (Å²) in [6.07, 6.45) is 6.06. The van der Waals surface area contributed by atoms with Crippen LogP contribution in [0.15, 0.2) is 36.5 Å². The number of hydrogen-bond acceptors (Lipinski definition) is 2. The van der Waals surface area contributed by atoms with Crippen molar-refractivity contribution in [3.8, 4) is 0 Å². The molecule has 3 heteroatoms. The van der Waals surface area contributed by atoms with Crippen molar-refractivity contribution in [1.82, 2.24) is 9.78 Å². The molecule has 2 N–H and O–H groups in total. The molecule has 114 valence electrons. The van der Waals surface area contributed by atoms with Gasteiger partial charge in [-0.2, -0.15) is 5.10 Å². The zero-order valence-electron chi connectivity index (χ0n) is 13.4. The Balaban J connectivity index is 1.93. The normalized spacial score (nSPS) is 12.8. The highest BCUT2D eigenvalue weighted by Crippen LogP contribution is 2.15. The fourth-order valence-electron chi connectivity index (χ4n) is 2.72. The first kappa shape index (κ1) is 15.8. The van der Waals surface area contributed by atoms with Gasteiger partial charge in [0.2, 0.25) is 0 Å². The van der Waals surface area contributed by atoms with E-state index in [0.717, 1.165) is 31.4 Å². The molecule has 1 aromatic heterocycles. The van der Waals surface area contributed by atoms with E-state index in [1.807, 2.05) is 0 Å². The van der Waals surface area contributed by atoms with Gasteiger partial charge in [0, 0.05) is 18.7 Å². The summed E-state index contributed by atoms with van der Waals surface area (Å²) in [5.41, 5.74) is 9.96. The van der Waals surface area contributed by atoms with E-state index >= 15 is 0 Å². The molecule has 0 amide bonds. The molecule has 3 nitrogen and oxygen atoms in total. The Bertz CT molecular complexity index is 538. The Labute approximate surface area is 128 Å². The van der Waals surface area contributed by atoms with Crippen molar-refractivity contribution in [3.05, 3.63) is 53.3 Å². The molecule has 1 unspecified atom stereocenters. The van der Waals surface area contributed by atoms with Gasteiger partial charge in [0.25, 0.3) is 0 Å². The lowest BCUT2D eigenvalue weighted by molar-refractivity contribution is 0.424. The van der Waals surface area contributed by atoms with Crippen molar-refractivity contribution in [3.63, 3.8) is 0 Å². The highest BCUT2D eigenvalue weighted by Gasteiger charge is 2.11. The van der Waals surface area contributed by atoms with E-state index in [9.17, 15) is 0 Å². The fourth-order valence-corrected chi connectivity index (χ4v) is 2.72. The third kappa shape index (κ3) is 4.43. The number of aryl methyl sites for hydroxylation is 1. The molecular formula is C18H27N3. The second-order valence-electron chi connectivity index (χ2n) is 5.91. The summed E-state index contributed by atoms with van der Waals surface area (Å²) in [6, 6.07) is 11.3. The summed E-state index contributed by atoms with van der Waals surface area (Å²) in [4.78, 5) is 0. The zero-order chi connectivity index (χ0) is 15.2. The van der Waals surface area contributed by atoms with Crippen LogP contribution in [0.1, 0.15) is 49.6 Å². The monoisotopic (exact) mass is 285 g/mol. The Kier molecular flexibility index (Phi) is 5.57. The molecule has 0 spiro atoms. The van der Waals surface area contributed by atoms with Crippen LogP contribution in [-0.4, -0.2) is 15.8 Å². The minimum absolute atomic E-state index is 0.123. The molecule has 1 atom stereocenters. The standard InChI is InChI=1S/C18H27N3/c1-4-18(5-2)21-11-10-17(20-21)13-16(19)12-15-8-6-14(3)7-9-15/h6-11,16,18H,4-5,12-13,19H2,1-3H3. The largest absolute Gasteiger partial charge is 0.327 e. The summed E-state index contributed by atoms with van der Waals surface area (Å²) in [5.74, 6) is 0. The fraction of sp³-hybridized carbons (Fsp3) is 0.500. The van der Waals surface area contributed by atoms with Crippen LogP contribution in [0.5, 0.6) is 0 Å². The van der Waals surface area contributed by atoms with Gasteiger partial charge in [-0.15, -0.1) is 0 Å². The molecule has 0 radical (unpaired) electrons. The molecule has 0 fully saturated rings. The molecule has 2 rings (SSSR count). The topological polar surface area (TPSA) is 43.8 Å². The Morgan fingerprint density at radius 3 is 2.33 bits per heavy atom. The molecular weight excluding hydrogens is 258 g/mol. The molecule has 0 aliphatic carbocycles. The van der Waals surface area contributed by atoms with Crippen LogP contribution in [0.2, 0.25) is 0 Å². The van der Waals surface area contributed by atoms with E-state index in [4.69, 9.17) is 5.73 Å². The number of rotatable bonds is 7. The summed E-state index contributed by atoms with van der Waals surface area (Å²) in [5, 5.41) is 4.68. The maximum Gasteiger partial charge on any atom is 0.0640 e. The van der Waals surface area contributed by atoms with Gasteiger partial charge in [0.1, 0.15) is 0 Å². The summed E-state index contributed by atoms with van der Waals surface area (Å²) >= 11 is 0. The molecule has 0 saturated heterocycles. The van der Waals surface area contributed by atoms with Gasteiger partial charge in [-0.25, -0.2) is 0 Å². The van der Waals surface area contributed by atoms with Gasteiger partial charge < -0.3 is 5.73 Å². The van der Waals surface area contributed by atoms with Gasteiger partial charge in [-0.1, -0.05) is 43.7 Å². The minimum Gasteiger partial charge on any atom is -0.327 e. The molecule has 1 heterocycles. The quantitative estimate of drug-likeness (QED) is 0.843. The number of nitrogens with two attached hydrogens (primary N) is 1. The molecule has 1 aromatic carbocycles. The summed E-state index contributed by atoms with van der Waals surface area (Å²) in [7, 11) is 0. The van der Waals surface area contributed by atoms with E-state index in [1.54, 1.807) is 0 Å². The first-order chi connectivity index (χ1) is 10.1. The average Bonchev–Trinajstić information content (AvgIpc) is 2.91. The Hall–Kier alpha value is -1.61. The van der Waals surface area contributed by atoms with Crippen LogP contribution in [0, 0.1) is 6.92 Å². The maximum absolute atomic E-state index is 6.28. The predicted octanol–water partition coefficient (Wildman–Crippen LogP) is 3.67. The molecule has 0 bridgehead atoms. The van der Waals surface area contributed by atoms with Crippen molar-refractivity contribution in [2.45, 2.75) is 58.5 Å². The third-order valence-corrected chi connectivity index (χ3v) is 4.07. The SMILES string of the molecule is CCC(CC)n1ccc(CC(N)Cc2ccc(C)cc2)n1. The van der Waals surface area contributed by atoms with E-state index in [2.05, 4.69) is 67.1 Å². The Morgan fingerprint density at radius 1 is 1.05 bits per heavy atom. The van der Waals surface area contributed by atoms with Crippen LogP contribution in [0.3, 0.4) is 0 Å². The van der Waals surface area contributed by atoms with Gasteiger partial charge in [-0.05, 0) is 37.8 Å². The minimum atomic E-state index is 0.123. The number of benzene rings is 1. The summed E-state index contributed by atoms with van der Waals surface area (Å²) < 4.78 is 2.09. The van der Waals surface area contributed by atoms with Gasteiger partial charge >= 0.3 is 0 Å². The first-order valence-corrected chi connectivity index (χ1v) is 7.97. The Morgan fingerprint density at radius 2 is 1.71 bits per heavy atom. The number of hydrogen-bond donors (Lipinski definition) is 1. The average molecular weight is 285 g/mol. The van der Waals surface area contributed by atoms with Crippen LogP contribution < -0.4 is 5.73 Å². The molecule has 0 aliphatic heterocycles. The zero-order valence-corrected chi connectivity index (χ0v) is 13.4. The highest BCUT2D eigenvalue weighted by atomic mass is 15.3. The van der Waals surface area contributed by atoms with E-state index in [0.29, 0.717) is 6.04 Å². The second-order valence-corrected chi connectivity index (χ2v) is 5.91. The first-order valence-electron chi connectivity index (χ1n) is 7.97. The maximum atomic E-state index is 6.28. The molecule has 0 aliphatic rings. The van der Waals surface area contributed by atoms with Crippen LogP contribution in [-0.2, 0) is 12.8 Å². The summed E-state index contributed by atoms with van der Waals surface area (Å²) in [6.45, 7) is 6.52. The van der Waals surface area contributed by atoms with E-state index in [-0.39, 0.29) is 6.04 Å². The van der Waals surface area contributed by atoms with Gasteiger partial charge in [-0.3, -0.25) is 4.68 Å². The predicted molar refractivity (Wildman–Crippen MR) is 88.4 cm³/mol. The van der Waals surface area contributed by atoms with Crippen molar-refractivity contribution in [1.29, 1.82) is 0 Å². The third-order valence-electron chi connectivity index (χ3n) is 4.07. The second kappa shape index (κ2) is 7.41. The van der Waals surface area contributed by atoms with Crippen LogP contribution in [0.25, 0.3) is 0 Å². The van der Waals surface area contributed by atoms with Crippen LogP contribution in [0.4, 0.5) is 0 Å². The van der Waals surface area contributed by atoms with Crippen molar-refractivity contribution in [2.75, 3.05) is 0 Å². The molecule has 2 aromatic rings. The lowest BCUT2D eigenvalue weighted by atomic mass is 10.0. The van der Waals surface area contributed by atoms with E-state index < -0.39 is 0 Å². The highest BCUT2D eigenvalue weighted by molar-refractivity contribution is 5.22. The van der Waals surface area contributed by atoms with Crippen molar-refractivity contribution < 1.29 is 0 Å². The lowest BCUT2D eigenvalue weighted by Crippen LogP contribution is -2.25. The van der Waals surface area contributed by atoms with Crippen molar-refractivity contribution >= 4 is 0 Å². The number of nitrogens with zero attached hydrogens (tertiary/aromatic N) is 2. The van der Waals surface area contributed by atoms with Gasteiger partial charge in [0.05, 0.1) is 11.7 Å². The molecule has 0 saturated carbocycles. The smallest absolute Gasteiger partial charge is 0.0640 e. The van der Waals surface area contributed by atoms with Crippen LogP contribution >= 0.6 is 0 Å². The van der Waals surface area contributed by atoms with E-state index in [1.165, 1.54) is 11.1 Å². The number of aromatic nitrogens is 2.